The largest absolute Gasteiger partial charge is 0.207 e. The van der Waals surface area contributed by atoms with E-state index >= 15 is 0 Å². The minimum absolute atomic E-state index is 0.178. The molecule has 2 heteroatoms. The Hall–Kier alpha value is -1.62. The van der Waals surface area contributed by atoms with Gasteiger partial charge in [0.25, 0.3) is 0 Å². The molecule has 0 fully saturated rings. The zero-order chi connectivity index (χ0) is 9.84. The SMILES string of the molecule is [CH2]C(C=C)c1cc(F)cc(C#N)c1. The van der Waals surface area contributed by atoms with Gasteiger partial charge in [-0.1, -0.05) is 6.08 Å². The van der Waals surface area contributed by atoms with Gasteiger partial charge in [0, 0.05) is 5.92 Å². The first-order chi connectivity index (χ1) is 6.17. The number of hydrogen-bond acceptors (Lipinski definition) is 1. The first-order valence-electron chi connectivity index (χ1n) is 3.83. The molecule has 0 N–H and O–H groups in total. The van der Waals surface area contributed by atoms with Gasteiger partial charge in [-0.15, -0.1) is 6.58 Å². The summed E-state index contributed by atoms with van der Waals surface area (Å²) >= 11 is 0. The molecule has 0 saturated heterocycles. The molecule has 0 aliphatic heterocycles. The van der Waals surface area contributed by atoms with E-state index in [2.05, 4.69) is 13.5 Å². The molecule has 0 amide bonds. The third-order valence-corrected chi connectivity index (χ3v) is 1.76. The van der Waals surface area contributed by atoms with Gasteiger partial charge in [0.1, 0.15) is 5.82 Å². The lowest BCUT2D eigenvalue weighted by Crippen LogP contribution is -1.91. The molecule has 0 aliphatic rings. The lowest BCUT2D eigenvalue weighted by molar-refractivity contribution is 0.625. The van der Waals surface area contributed by atoms with E-state index in [0.29, 0.717) is 11.1 Å². The Kier molecular flexibility index (Phi) is 2.81. The second kappa shape index (κ2) is 3.86. The van der Waals surface area contributed by atoms with Crippen molar-refractivity contribution >= 4 is 0 Å². The number of nitriles is 1. The standard InChI is InChI=1S/C11H9FN/c1-3-8(2)10-4-9(7-13)5-11(12)6-10/h3-6,8H,1-2H2. The molecular formula is C11H9FN. The number of rotatable bonds is 2. The van der Waals surface area contributed by atoms with E-state index in [9.17, 15) is 4.39 Å². The van der Waals surface area contributed by atoms with E-state index in [4.69, 9.17) is 5.26 Å². The highest BCUT2D eigenvalue weighted by atomic mass is 19.1. The highest BCUT2D eigenvalue weighted by Gasteiger charge is 2.04. The van der Waals surface area contributed by atoms with Gasteiger partial charge in [0.15, 0.2) is 0 Å². The molecule has 1 radical (unpaired) electrons. The summed E-state index contributed by atoms with van der Waals surface area (Å²) in [6.07, 6.45) is 1.61. The van der Waals surface area contributed by atoms with Crippen LogP contribution >= 0.6 is 0 Å². The fourth-order valence-corrected chi connectivity index (χ4v) is 1.03. The normalized spacial score (nSPS) is 11.8. The van der Waals surface area contributed by atoms with Crippen LogP contribution in [0.2, 0.25) is 0 Å². The topological polar surface area (TPSA) is 23.8 Å². The number of halogens is 1. The first kappa shape index (κ1) is 9.47. The molecule has 1 aromatic rings. The van der Waals surface area contributed by atoms with Crippen molar-refractivity contribution in [3.63, 3.8) is 0 Å². The van der Waals surface area contributed by atoms with Gasteiger partial charge < -0.3 is 0 Å². The van der Waals surface area contributed by atoms with Crippen molar-refractivity contribution < 1.29 is 4.39 Å². The maximum absolute atomic E-state index is 12.9. The Morgan fingerprint density at radius 1 is 1.46 bits per heavy atom. The van der Waals surface area contributed by atoms with Gasteiger partial charge in [-0.05, 0) is 30.7 Å². The summed E-state index contributed by atoms with van der Waals surface area (Å²) in [5, 5.41) is 8.58. The second-order valence-corrected chi connectivity index (χ2v) is 2.73. The fourth-order valence-electron chi connectivity index (χ4n) is 1.03. The Morgan fingerprint density at radius 2 is 2.15 bits per heavy atom. The summed E-state index contributed by atoms with van der Waals surface area (Å²) in [6, 6.07) is 6.05. The van der Waals surface area contributed by atoms with Crippen LogP contribution in [0.4, 0.5) is 4.39 Å². The summed E-state index contributed by atoms with van der Waals surface area (Å²) in [4.78, 5) is 0. The molecule has 0 aromatic heterocycles. The Balaban J connectivity index is 3.17. The molecule has 1 rings (SSSR count). The summed E-state index contributed by atoms with van der Waals surface area (Å²) in [5.41, 5.74) is 0.983. The van der Waals surface area contributed by atoms with E-state index in [0.717, 1.165) is 0 Å². The Labute approximate surface area is 77.1 Å². The molecule has 1 atom stereocenters. The van der Waals surface area contributed by atoms with E-state index < -0.39 is 5.82 Å². The fraction of sp³-hybridized carbons (Fsp3) is 0.0909. The Morgan fingerprint density at radius 3 is 2.69 bits per heavy atom. The number of nitrogens with zero attached hydrogens (tertiary/aromatic N) is 1. The predicted octanol–water partition coefficient (Wildman–Crippen LogP) is 2.80. The van der Waals surface area contributed by atoms with Crippen molar-refractivity contribution in [2.45, 2.75) is 5.92 Å². The van der Waals surface area contributed by atoms with Crippen LogP contribution in [-0.4, -0.2) is 0 Å². The third-order valence-electron chi connectivity index (χ3n) is 1.76. The average molecular weight is 174 g/mol. The third kappa shape index (κ3) is 2.16. The van der Waals surface area contributed by atoms with Crippen LogP contribution in [-0.2, 0) is 0 Å². The molecule has 1 aromatic carbocycles. The molecule has 0 heterocycles. The van der Waals surface area contributed by atoms with E-state index in [1.807, 2.05) is 6.07 Å². The second-order valence-electron chi connectivity index (χ2n) is 2.73. The summed E-state index contributed by atoms with van der Waals surface area (Å²) in [6.45, 7) is 7.30. The first-order valence-corrected chi connectivity index (χ1v) is 3.83. The zero-order valence-electron chi connectivity index (χ0n) is 7.13. The van der Waals surface area contributed by atoms with Gasteiger partial charge in [-0.3, -0.25) is 0 Å². The van der Waals surface area contributed by atoms with E-state index in [1.165, 1.54) is 12.1 Å². The summed E-state index contributed by atoms with van der Waals surface area (Å²) in [5.74, 6) is -0.590. The minimum Gasteiger partial charge on any atom is -0.207 e. The van der Waals surface area contributed by atoms with Crippen LogP contribution in [0.15, 0.2) is 30.9 Å². The highest BCUT2D eigenvalue weighted by molar-refractivity contribution is 5.36. The summed E-state index contributed by atoms with van der Waals surface area (Å²) in [7, 11) is 0. The van der Waals surface area contributed by atoms with Crippen molar-refractivity contribution in [3.8, 4) is 6.07 Å². The maximum atomic E-state index is 12.9. The molecule has 1 nitrogen and oxygen atoms in total. The molecule has 0 bridgehead atoms. The molecule has 13 heavy (non-hydrogen) atoms. The molecule has 65 valence electrons. The van der Waals surface area contributed by atoms with Crippen molar-refractivity contribution in [1.29, 1.82) is 5.26 Å². The van der Waals surface area contributed by atoms with Gasteiger partial charge in [0.05, 0.1) is 11.6 Å². The van der Waals surface area contributed by atoms with E-state index in [-0.39, 0.29) is 5.92 Å². The number of benzene rings is 1. The lowest BCUT2D eigenvalue weighted by atomic mass is 9.99. The van der Waals surface area contributed by atoms with Crippen LogP contribution < -0.4 is 0 Å². The molecule has 0 spiro atoms. The smallest absolute Gasteiger partial charge is 0.124 e. The molecule has 0 aliphatic carbocycles. The monoisotopic (exact) mass is 174 g/mol. The molecular weight excluding hydrogens is 165 g/mol. The van der Waals surface area contributed by atoms with E-state index in [1.54, 1.807) is 12.1 Å². The molecule has 1 unspecified atom stereocenters. The van der Waals surface area contributed by atoms with Crippen molar-refractivity contribution in [1.82, 2.24) is 0 Å². The number of allylic oxidation sites excluding steroid dienone is 1. The van der Waals surface area contributed by atoms with Crippen LogP contribution in [0.3, 0.4) is 0 Å². The van der Waals surface area contributed by atoms with Crippen LogP contribution in [0.5, 0.6) is 0 Å². The van der Waals surface area contributed by atoms with Crippen molar-refractivity contribution in [2.24, 2.45) is 0 Å². The van der Waals surface area contributed by atoms with Crippen LogP contribution in [0.1, 0.15) is 17.0 Å². The van der Waals surface area contributed by atoms with Crippen molar-refractivity contribution in [2.75, 3.05) is 0 Å². The lowest BCUT2D eigenvalue weighted by Gasteiger charge is -2.05. The van der Waals surface area contributed by atoms with Crippen molar-refractivity contribution in [3.05, 3.63) is 54.7 Å². The molecule has 0 saturated carbocycles. The Bertz CT molecular complexity index is 363. The van der Waals surface area contributed by atoms with Crippen LogP contribution in [0.25, 0.3) is 0 Å². The van der Waals surface area contributed by atoms with Gasteiger partial charge in [-0.2, -0.15) is 5.26 Å². The number of hydrogen-bond donors (Lipinski definition) is 0. The quantitative estimate of drug-likeness (QED) is 0.632. The highest BCUT2D eigenvalue weighted by Crippen LogP contribution is 2.18. The van der Waals surface area contributed by atoms with Crippen LogP contribution in [0, 0.1) is 24.1 Å². The van der Waals surface area contributed by atoms with Gasteiger partial charge in [-0.25, -0.2) is 4.39 Å². The van der Waals surface area contributed by atoms with Gasteiger partial charge in [0.2, 0.25) is 0 Å². The zero-order valence-corrected chi connectivity index (χ0v) is 7.13. The minimum atomic E-state index is -0.412. The maximum Gasteiger partial charge on any atom is 0.124 e. The average Bonchev–Trinajstić information content (AvgIpc) is 2.15. The predicted molar refractivity (Wildman–Crippen MR) is 49.4 cm³/mol. The summed E-state index contributed by atoms with van der Waals surface area (Å²) < 4.78 is 12.9. The van der Waals surface area contributed by atoms with Gasteiger partial charge >= 0.3 is 0 Å².